The van der Waals surface area contributed by atoms with E-state index in [-0.39, 0.29) is 6.07 Å². The quantitative estimate of drug-likeness (QED) is 0.796. The van der Waals surface area contributed by atoms with Crippen LogP contribution < -0.4 is 5.73 Å². The molecule has 0 aliphatic rings. The summed E-state index contributed by atoms with van der Waals surface area (Å²) in [6.45, 7) is -0.804. The van der Waals surface area contributed by atoms with Crippen LogP contribution in [0.25, 0.3) is 0 Å². The molecule has 0 amide bonds. The van der Waals surface area contributed by atoms with Crippen molar-refractivity contribution in [3.63, 3.8) is 0 Å². The topological polar surface area (TPSA) is 49.8 Å². The number of hydrogen-bond donors (Lipinski definition) is 1. The smallest absolute Gasteiger partial charge is 0.326 e. The van der Waals surface area contributed by atoms with Gasteiger partial charge in [0.1, 0.15) is 0 Å². The van der Waals surface area contributed by atoms with Gasteiger partial charge in [-0.15, -0.1) is 0 Å². The summed E-state index contributed by atoms with van der Waals surface area (Å²) in [7, 11) is 0. The third-order valence-electron chi connectivity index (χ3n) is 2.23. The Bertz CT molecular complexity index is 495. The van der Waals surface area contributed by atoms with Crippen molar-refractivity contribution < 1.29 is 26.3 Å². The van der Waals surface area contributed by atoms with Crippen LogP contribution in [0.5, 0.6) is 0 Å². The first-order valence-electron chi connectivity index (χ1n) is 4.53. The minimum atomic E-state index is -5.23. The van der Waals surface area contributed by atoms with Gasteiger partial charge in [0.2, 0.25) is 0 Å². The molecule has 8 heteroatoms. The zero-order valence-corrected chi connectivity index (χ0v) is 8.65. The summed E-state index contributed by atoms with van der Waals surface area (Å²) in [5.41, 5.74) is -0.0764. The largest absolute Gasteiger partial charge is 0.417 e. The van der Waals surface area contributed by atoms with Gasteiger partial charge in [-0.3, -0.25) is 0 Å². The minimum Gasteiger partial charge on any atom is -0.326 e. The lowest BCUT2D eigenvalue weighted by atomic mass is 9.95. The SMILES string of the molecule is N#Cc1ccc(C(F)(F)F)c(C(F)(F)F)c1CN. The third kappa shape index (κ3) is 2.56. The van der Waals surface area contributed by atoms with Crippen molar-refractivity contribution in [2.24, 2.45) is 5.73 Å². The van der Waals surface area contributed by atoms with E-state index in [0.29, 0.717) is 6.07 Å². The van der Waals surface area contributed by atoms with Crippen LogP contribution >= 0.6 is 0 Å². The first-order valence-corrected chi connectivity index (χ1v) is 4.53. The number of nitriles is 1. The fraction of sp³-hybridized carbons (Fsp3) is 0.300. The van der Waals surface area contributed by atoms with Gasteiger partial charge in [0.05, 0.1) is 22.8 Å². The van der Waals surface area contributed by atoms with Crippen LogP contribution in [0.2, 0.25) is 0 Å². The minimum absolute atomic E-state index is 0.237. The molecule has 0 unspecified atom stereocenters. The molecule has 2 nitrogen and oxygen atoms in total. The summed E-state index contributed by atoms with van der Waals surface area (Å²) in [5, 5.41) is 8.58. The lowest BCUT2D eigenvalue weighted by Gasteiger charge is -2.19. The van der Waals surface area contributed by atoms with Gasteiger partial charge in [-0.1, -0.05) is 0 Å². The predicted molar refractivity (Wildman–Crippen MR) is 49.1 cm³/mol. The summed E-state index contributed by atoms with van der Waals surface area (Å²) in [5.74, 6) is 0. The van der Waals surface area contributed by atoms with Crippen molar-refractivity contribution >= 4 is 0 Å². The number of nitrogens with zero attached hydrogens (tertiary/aromatic N) is 1. The Balaban J connectivity index is 3.73. The zero-order chi connectivity index (χ0) is 14.1. The van der Waals surface area contributed by atoms with E-state index in [9.17, 15) is 26.3 Å². The summed E-state index contributed by atoms with van der Waals surface area (Å²) in [6.07, 6.45) is -10.4. The van der Waals surface area contributed by atoms with E-state index in [1.54, 1.807) is 0 Å². The normalized spacial score (nSPS) is 12.3. The number of benzene rings is 1. The zero-order valence-electron chi connectivity index (χ0n) is 8.65. The molecule has 0 fully saturated rings. The van der Waals surface area contributed by atoms with E-state index >= 15 is 0 Å². The Labute approximate surface area is 97.6 Å². The number of rotatable bonds is 1. The number of nitrogens with two attached hydrogens (primary N) is 1. The Morgan fingerprint density at radius 1 is 1.06 bits per heavy atom. The van der Waals surface area contributed by atoms with Crippen molar-refractivity contribution in [3.05, 3.63) is 34.4 Å². The average Bonchev–Trinajstić information content (AvgIpc) is 2.24. The summed E-state index contributed by atoms with van der Waals surface area (Å²) in [4.78, 5) is 0. The maximum absolute atomic E-state index is 12.7. The van der Waals surface area contributed by atoms with Gasteiger partial charge in [-0.05, 0) is 17.7 Å². The van der Waals surface area contributed by atoms with Crippen LogP contribution in [0.1, 0.15) is 22.3 Å². The Kier molecular flexibility index (Phi) is 3.57. The molecule has 0 radical (unpaired) electrons. The molecule has 0 heterocycles. The highest BCUT2D eigenvalue weighted by Gasteiger charge is 2.45. The Morgan fingerprint density at radius 2 is 1.61 bits per heavy atom. The van der Waals surface area contributed by atoms with Crippen LogP contribution in [0.3, 0.4) is 0 Å². The van der Waals surface area contributed by atoms with Gasteiger partial charge in [-0.25, -0.2) is 0 Å². The second-order valence-corrected chi connectivity index (χ2v) is 3.33. The van der Waals surface area contributed by atoms with E-state index in [4.69, 9.17) is 11.0 Å². The van der Waals surface area contributed by atoms with E-state index in [1.165, 1.54) is 6.07 Å². The second-order valence-electron chi connectivity index (χ2n) is 3.33. The van der Waals surface area contributed by atoms with E-state index in [2.05, 4.69) is 0 Å². The van der Waals surface area contributed by atoms with Crippen molar-refractivity contribution in [2.45, 2.75) is 18.9 Å². The predicted octanol–water partition coefficient (Wildman–Crippen LogP) is 3.05. The molecule has 0 aromatic heterocycles. The molecule has 0 aliphatic heterocycles. The molecular formula is C10H6F6N2. The summed E-state index contributed by atoms with van der Waals surface area (Å²) < 4.78 is 75.6. The first kappa shape index (κ1) is 14.3. The summed E-state index contributed by atoms with van der Waals surface area (Å²) in [6, 6.07) is 2.31. The molecule has 0 bridgehead atoms. The number of alkyl halides is 6. The fourth-order valence-electron chi connectivity index (χ4n) is 1.52. The van der Waals surface area contributed by atoms with Crippen molar-refractivity contribution in [1.82, 2.24) is 0 Å². The van der Waals surface area contributed by atoms with Crippen molar-refractivity contribution in [3.8, 4) is 6.07 Å². The molecule has 2 N–H and O–H groups in total. The van der Waals surface area contributed by atoms with E-state index in [0.717, 1.165) is 0 Å². The fourth-order valence-corrected chi connectivity index (χ4v) is 1.52. The second kappa shape index (κ2) is 4.49. The lowest BCUT2D eigenvalue weighted by Crippen LogP contribution is -2.21. The molecule has 0 saturated heterocycles. The molecule has 98 valence electrons. The average molecular weight is 268 g/mol. The van der Waals surface area contributed by atoms with Crippen molar-refractivity contribution in [1.29, 1.82) is 5.26 Å². The van der Waals surface area contributed by atoms with E-state index < -0.39 is 41.2 Å². The molecule has 1 aromatic carbocycles. The molecule has 0 spiro atoms. The Hall–Kier alpha value is -1.75. The molecular weight excluding hydrogens is 262 g/mol. The molecule has 1 aromatic rings. The Morgan fingerprint density at radius 3 is 1.94 bits per heavy atom. The number of halogens is 6. The number of hydrogen-bond acceptors (Lipinski definition) is 2. The highest BCUT2D eigenvalue weighted by atomic mass is 19.4. The van der Waals surface area contributed by atoms with Crippen molar-refractivity contribution in [2.75, 3.05) is 0 Å². The van der Waals surface area contributed by atoms with Gasteiger partial charge in [0.25, 0.3) is 0 Å². The van der Waals surface area contributed by atoms with E-state index in [1.807, 2.05) is 0 Å². The third-order valence-corrected chi connectivity index (χ3v) is 2.23. The van der Waals surface area contributed by atoms with Crippen LogP contribution in [-0.2, 0) is 18.9 Å². The highest BCUT2D eigenvalue weighted by Crippen LogP contribution is 2.42. The molecule has 18 heavy (non-hydrogen) atoms. The van der Waals surface area contributed by atoms with Crippen LogP contribution in [0, 0.1) is 11.3 Å². The molecule has 1 rings (SSSR count). The first-order chi connectivity index (χ1) is 8.12. The van der Waals surface area contributed by atoms with Gasteiger partial charge in [-0.2, -0.15) is 31.6 Å². The lowest BCUT2D eigenvalue weighted by molar-refractivity contribution is -0.162. The highest BCUT2D eigenvalue weighted by molar-refractivity contribution is 5.49. The maximum Gasteiger partial charge on any atom is 0.417 e. The molecule has 0 aliphatic carbocycles. The molecule has 0 atom stereocenters. The van der Waals surface area contributed by atoms with Crippen LogP contribution in [-0.4, -0.2) is 0 Å². The van der Waals surface area contributed by atoms with Crippen LogP contribution in [0.4, 0.5) is 26.3 Å². The van der Waals surface area contributed by atoms with Crippen LogP contribution in [0.15, 0.2) is 12.1 Å². The van der Waals surface area contributed by atoms with Gasteiger partial charge in [0.15, 0.2) is 0 Å². The molecule has 0 saturated carbocycles. The van der Waals surface area contributed by atoms with Gasteiger partial charge >= 0.3 is 12.4 Å². The van der Waals surface area contributed by atoms with Gasteiger partial charge in [0, 0.05) is 6.54 Å². The summed E-state index contributed by atoms with van der Waals surface area (Å²) >= 11 is 0. The maximum atomic E-state index is 12.7. The van der Waals surface area contributed by atoms with Gasteiger partial charge < -0.3 is 5.73 Å². The monoisotopic (exact) mass is 268 g/mol. The standard InChI is InChI=1S/C10H6F6N2/c11-9(12,13)7-2-1-5(3-17)6(4-18)8(7)10(14,15)16/h1-2H,4,18H2.